The first-order valence-electron chi connectivity index (χ1n) is 8.61. The van der Waals surface area contributed by atoms with E-state index >= 15 is 0 Å². The van der Waals surface area contributed by atoms with Gasteiger partial charge < -0.3 is 15.1 Å². The second-order valence-corrected chi connectivity index (χ2v) is 7.54. The highest BCUT2D eigenvalue weighted by atomic mass is 32.1. The summed E-state index contributed by atoms with van der Waals surface area (Å²) in [6.07, 6.45) is 0. The number of aromatic nitrogens is 2. The van der Waals surface area contributed by atoms with Crippen LogP contribution in [0.5, 0.6) is 0 Å². The van der Waals surface area contributed by atoms with Crippen molar-refractivity contribution < 1.29 is 4.79 Å². The zero-order valence-electron chi connectivity index (χ0n) is 16.1. The molecule has 0 saturated carbocycles. The number of amides is 2. The number of aryl methyl sites for hydroxylation is 3. The second-order valence-electron chi connectivity index (χ2n) is 6.54. The maximum atomic E-state index is 12.9. The molecule has 2 amide bonds. The molecular weight excluding hydrogens is 334 g/mol. The van der Waals surface area contributed by atoms with Crippen molar-refractivity contribution in [3.8, 4) is 0 Å². The molecule has 25 heavy (non-hydrogen) atoms. The third-order valence-electron chi connectivity index (χ3n) is 4.32. The minimum Gasteiger partial charge on any atom is -0.318 e. The number of nitrogens with zero attached hydrogens (tertiary/aromatic N) is 4. The van der Waals surface area contributed by atoms with E-state index in [1.807, 2.05) is 44.4 Å². The van der Waals surface area contributed by atoms with Crippen molar-refractivity contribution in [2.45, 2.75) is 40.8 Å². The summed E-state index contributed by atoms with van der Waals surface area (Å²) in [4.78, 5) is 18.1. The molecule has 1 N–H and O–H groups in total. The van der Waals surface area contributed by atoms with Crippen molar-refractivity contribution in [2.24, 2.45) is 0 Å². The maximum absolute atomic E-state index is 12.9. The van der Waals surface area contributed by atoms with Crippen LogP contribution in [-0.2, 0) is 13.1 Å². The predicted octanol–water partition coefficient (Wildman–Crippen LogP) is 3.49. The first-order valence-corrected chi connectivity index (χ1v) is 9.49. The molecular formula is C18H29N5OS. The van der Waals surface area contributed by atoms with Crippen molar-refractivity contribution in [3.05, 3.63) is 33.3 Å². The Morgan fingerprint density at radius 3 is 2.52 bits per heavy atom. The number of carbonyl (C=O) groups is 1. The smallest absolute Gasteiger partial charge is 0.318 e. The highest BCUT2D eigenvalue weighted by molar-refractivity contribution is 7.10. The van der Waals surface area contributed by atoms with Gasteiger partial charge in [0.2, 0.25) is 0 Å². The Morgan fingerprint density at radius 2 is 2.00 bits per heavy atom. The maximum Gasteiger partial charge on any atom is 0.322 e. The Morgan fingerprint density at radius 1 is 1.28 bits per heavy atom. The molecule has 0 atom stereocenters. The molecule has 138 valence electrons. The summed E-state index contributed by atoms with van der Waals surface area (Å²) in [7, 11) is 4.04. The predicted molar refractivity (Wildman–Crippen MR) is 104 cm³/mol. The number of hydrogen-bond donors (Lipinski definition) is 1. The largest absolute Gasteiger partial charge is 0.322 e. The first-order chi connectivity index (χ1) is 11.8. The van der Waals surface area contributed by atoms with E-state index in [4.69, 9.17) is 0 Å². The van der Waals surface area contributed by atoms with E-state index in [9.17, 15) is 4.79 Å². The second kappa shape index (κ2) is 8.49. The molecule has 0 bridgehead atoms. The Bertz CT molecular complexity index is 719. The highest BCUT2D eigenvalue weighted by Gasteiger charge is 2.19. The van der Waals surface area contributed by atoms with E-state index in [0.717, 1.165) is 30.2 Å². The molecule has 0 aromatic carbocycles. The molecule has 2 rings (SSSR count). The molecule has 0 fully saturated rings. The first kappa shape index (κ1) is 19.5. The van der Waals surface area contributed by atoms with Gasteiger partial charge in [0.25, 0.3) is 0 Å². The van der Waals surface area contributed by atoms with Gasteiger partial charge >= 0.3 is 6.03 Å². The minimum absolute atomic E-state index is 0.0727. The number of hydrogen-bond acceptors (Lipinski definition) is 4. The van der Waals surface area contributed by atoms with Crippen LogP contribution in [0, 0.1) is 20.8 Å². The number of anilines is 1. The Kier molecular flexibility index (Phi) is 6.61. The van der Waals surface area contributed by atoms with Crippen molar-refractivity contribution in [1.29, 1.82) is 0 Å². The third kappa shape index (κ3) is 4.83. The molecule has 2 aromatic heterocycles. The van der Waals surface area contributed by atoms with Crippen LogP contribution in [0.3, 0.4) is 0 Å². The summed E-state index contributed by atoms with van der Waals surface area (Å²) in [5.74, 6) is 0. The van der Waals surface area contributed by atoms with Crippen LogP contribution in [0.1, 0.15) is 28.8 Å². The summed E-state index contributed by atoms with van der Waals surface area (Å²) >= 11 is 1.70. The highest BCUT2D eigenvalue weighted by Crippen LogP contribution is 2.22. The Balaban J connectivity index is 2.17. The molecule has 0 radical (unpaired) electrons. The van der Waals surface area contributed by atoms with Crippen LogP contribution in [0.4, 0.5) is 10.5 Å². The molecule has 0 unspecified atom stereocenters. The van der Waals surface area contributed by atoms with Gasteiger partial charge in [-0.25, -0.2) is 4.79 Å². The lowest BCUT2D eigenvalue weighted by Gasteiger charge is -2.24. The summed E-state index contributed by atoms with van der Waals surface area (Å²) in [6, 6.07) is 2.03. The van der Waals surface area contributed by atoms with Gasteiger partial charge in [-0.15, -0.1) is 11.3 Å². The average Bonchev–Trinajstić information content (AvgIpc) is 3.08. The fraction of sp³-hybridized carbons (Fsp3) is 0.556. The average molecular weight is 364 g/mol. The Labute approximate surface area is 154 Å². The summed E-state index contributed by atoms with van der Waals surface area (Å²) in [5.41, 5.74) is 3.91. The van der Waals surface area contributed by atoms with E-state index in [1.54, 1.807) is 11.3 Å². The quantitative estimate of drug-likeness (QED) is 0.819. The topological polar surface area (TPSA) is 53.4 Å². The van der Waals surface area contributed by atoms with E-state index in [-0.39, 0.29) is 6.03 Å². The molecule has 6 nitrogen and oxygen atoms in total. The van der Waals surface area contributed by atoms with Crippen molar-refractivity contribution in [1.82, 2.24) is 19.6 Å². The van der Waals surface area contributed by atoms with Crippen LogP contribution in [0.2, 0.25) is 0 Å². The zero-order valence-corrected chi connectivity index (χ0v) is 16.9. The molecule has 7 heteroatoms. The number of nitrogens with one attached hydrogen (secondary N) is 1. The lowest BCUT2D eigenvalue weighted by atomic mass is 10.2. The SMILES string of the molecule is CCn1nc(C)c(NC(=O)N(CCN(C)C)Cc2sccc2C)c1C. The fourth-order valence-corrected chi connectivity index (χ4v) is 3.60. The van der Waals surface area contributed by atoms with Gasteiger partial charge in [0.05, 0.1) is 23.6 Å². The van der Waals surface area contributed by atoms with Gasteiger partial charge in [0, 0.05) is 24.5 Å². The molecule has 2 heterocycles. The molecule has 0 aliphatic heterocycles. The van der Waals surface area contributed by atoms with Gasteiger partial charge in [-0.1, -0.05) is 0 Å². The standard InChI is InChI=1S/C18H29N5OS/c1-7-23-15(4)17(14(3)20-23)19-18(24)22(10-9-21(5)6)12-16-13(2)8-11-25-16/h8,11H,7,9-10,12H2,1-6H3,(H,19,24). The lowest BCUT2D eigenvalue weighted by Crippen LogP contribution is -2.39. The number of rotatable bonds is 7. The number of carbonyl (C=O) groups excluding carboxylic acids is 1. The Hall–Kier alpha value is -1.86. The van der Waals surface area contributed by atoms with Crippen molar-refractivity contribution in [2.75, 3.05) is 32.5 Å². The molecule has 0 aliphatic rings. The van der Waals surface area contributed by atoms with Crippen molar-refractivity contribution in [3.63, 3.8) is 0 Å². The summed E-state index contributed by atoms with van der Waals surface area (Å²) in [6.45, 7) is 11.0. The van der Waals surface area contributed by atoms with Crippen LogP contribution in [0.15, 0.2) is 11.4 Å². The van der Waals surface area contributed by atoms with Crippen LogP contribution >= 0.6 is 11.3 Å². The van der Waals surface area contributed by atoms with Gasteiger partial charge in [-0.05, 0) is 58.8 Å². The van der Waals surface area contributed by atoms with Crippen LogP contribution in [-0.4, -0.2) is 52.8 Å². The number of thiophene rings is 1. The molecule has 0 saturated heterocycles. The van der Waals surface area contributed by atoms with Gasteiger partial charge in [-0.3, -0.25) is 4.68 Å². The molecule has 0 aliphatic carbocycles. The minimum atomic E-state index is -0.0727. The van der Waals surface area contributed by atoms with E-state index < -0.39 is 0 Å². The van der Waals surface area contributed by atoms with Crippen molar-refractivity contribution >= 4 is 23.1 Å². The summed E-state index contributed by atoms with van der Waals surface area (Å²) in [5, 5.41) is 9.64. The van der Waals surface area contributed by atoms with E-state index in [1.165, 1.54) is 10.4 Å². The zero-order chi connectivity index (χ0) is 18.6. The van der Waals surface area contributed by atoms with E-state index in [0.29, 0.717) is 13.1 Å². The van der Waals surface area contributed by atoms with Gasteiger partial charge in [-0.2, -0.15) is 5.10 Å². The number of likely N-dealkylation sites (N-methyl/N-ethyl adjacent to an activating group) is 1. The number of urea groups is 1. The summed E-state index contributed by atoms with van der Waals surface area (Å²) < 4.78 is 1.92. The fourth-order valence-electron chi connectivity index (χ4n) is 2.68. The lowest BCUT2D eigenvalue weighted by molar-refractivity contribution is 0.202. The van der Waals surface area contributed by atoms with Crippen LogP contribution in [0.25, 0.3) is 0 Å². The monoisotopic (exact) mass is 363 g/mol. The third-order valence-corrected chi connectivity index (χ3v) is 5.33. The molecule has 2 aromatic rings. The van der Waals surface area contributed by atoms with Crippen LogP contribution < -0.4 is 5.32 Å². The van der Waals surface area contributed by atoms with Gasteiger partial charge in [0.15, 0.2) is 0 Å². The molecule has 0 spiro atoms. The van der Waals surface area contributed by atoms with Gasteiger partial charge in [0.1, 0.15) is 0 Å². The normalized spacial score (nSPS) is 11.2. The van der Waals surface area contributed by atoms with E-state index in [2.05, 4.69) is 33.7 Å².